The molecule has 0 aliphatic carbocycles. The van der Waals surface area contributed by atoms with Crippen molar-refractivity contribution in [3.05, 3.63) is 63.9 Å². The third kappa shape index (κ3) is 3.37. The Kier molecular flexibility index (Phi) is 4.75. The fourth-order valence-electron chi connectivity index (χ4n) is 2.01. The molecule has 102 valence electrons. The Morgan fingerprint density at radius 2 is 1.95 bits per heavy atom. The number of nitrogens with one attached hydrogen (secondary N) is 1. The van der Waals surface area contributed by atoms with E-state index in [2.05, 4.69) is 34.2 Å². The van der Waals surface area contributed by atoms with Crippen molar-refractivity contribution in [1.29, 1.82) is 5.26 Å². The molecule has 2 aromatic rings. The predicted octanol–water partition coefficient (Wildman–Crippen LogP) is 5.02. The Labute approximate surface area is 126 Å². The van der Waals surface area contributed by atoms with Gasteiger partial charge in [0.15, 0.2) is 0 Å². The van der Waals surface area contributed by atoms with Crippen LogP contribution >= 0.6 is 15.9 Å². The average molecular weight is 333 g/mol. The van der Waals surface area contributed by atoms with E-state index < -0.39 is 0 Å². The van der Waals surface area contributed by atoms with Crippen LogP contribution in [0.3, 0.4) is 0 Å². The number of halogens is 2. The monoisotopic (exact) mass is 332 g/mol. The summed E-state index contributed by atoms with van der Waals surface area (Å²) in [7, 11) is 0. The normalized spacial score (nSPS) is 11.7. The lowest BCUT2D eigenvalue weighted by Crippen LogP contribution is -2.10. The maximum Gasteiger partial charge on any atom is 0.123 e. The number of rotatable bonds is 4. The molecule has 1 unspecified atom stereocenters. The van der Waals surface area contributed by atoms with Crippen LogP contribution in [0.4, 0.5) is 10.1 Å². The van der Waals surface area contributed by atoms with Gasteiger partial charge in [-0.05, 0) is 58.2 Å². The minimum atomic E-state index is -0.233. The van der Waals surface area contributed by atoms with Crippen molar-refractivity contribution in [2.45, 2.75) is 19.4 Å². The van der Waals surface area contributed by atoms with E-state index in [4.69, 9.17) is 5.26 Å². The van der Waals surface area contributed by atoms with Gasteiger partial charge in [-0.3, -0.25) is 0 Å². The molecule has 0 saturated carbocycles. The highest BCUT2D eigenvalue weighted by molar-refractivity contribution is 9.10. The van der Waals surface area contributed by atoms with E-state index in [1.165, 1.54) is 12.1 Å². The minimum Gasteiger partial charge on any atom is -0.377 e. The number of nitrogens with zero attached hydrogens (tertiary/aromatic N) is 1. The van der Waals surface area contributed by atoms with Crippen LogP contribution in [0.15, 0.2) is 46.9 Å². The lowest BCUT2D eigenvalue weighted by Gasteiger charge is -2.20. The van der Waals surface area contributed by atoms with Gasteiger partial charge in [-0.15, -0.1) is 0 Å². The Balaban J connectivity index is 2.22. The molecular weight excluding hydrogens is 319 g/mol. The number of nitriles is 1. The van der Waals surface area contributed by atoms with Crippen LogP contribution in [0.5, 0.6) is 0 Å². The second-order valence-electron chi connectivity index (χ2n) is 4.46. The summed E-state index contributed by atoms with van der Waals surface area (Å²) >= 11 is 3.46. The summed E-state index contributed by atoms with van der Waals surface area (Å²) in [5.41, 5.74) is 2.56. The van der Waals surface area contributed by atoms with Crippen molar-refractivity contribution in [1.82, 2.24) is 0 Å². The van der Waals surface area contributed by atoms with Crippen LogP contribution in [-0.4, -0.2) is 0 Å². The average Bonchev–Trinajstić information content (AvgIpc) is 2.47. The first-order chi connectivity index (χ1) is 9.63. The smallest absolute Gasteiger partial charge is 0.123 e. The van der Waals surface area contributed by atoms with Crippen molar-refractivity contribution in [3.63, 3.8) is 0 Å². The van der Waals surface area contributed by atoms with E-state index in [-0.39, 0.29) is 11.9 Å². The van der Waals surface area contributed by atoms with Gasteiger partial charge in [0.1, 0.15) is 5.82 Å². The zero-order chi connectivity index (χ0) is 14.5. The Hall–Kier alpha value is -1.86. The van der Waals surface area contributed by atoms with Crippen molar-refractivity contribution < 1.29 is 4.39 Å². The largest absolute Gasteiger partial charge is 0.377 e. The van der Waals surface area contributed by atoms with Gasteiger partial charge in [0.2, 0.25) is 0 Å². The molecule has 0 aliphatic rings. The molecule has 2 rings (SSSR count). The quantitative estimate of drug-likeness (QED) is 0.852. The molecule has 1 atom stereocenters. The predicted molar refractivity (Wildman–Crippen MR) is 81.9 cm³/mol. The van der Waals surface area contributed by atoms with Gasteiger partial charge >= 0.3 is 0 Å². The number of benzene rings is 2. The van der Waals surface area contributed by atoms with Crippen molar-refractivity contribution >= 4 is 21.6 Å². The summed E-state index contributed by atoms with van der Waals surface area (Å²) in [6.07, 6.45) is 0.873. The van der Waals surface area contributed by atoms with Gasteiger partial charge in [0.05, 0.1) is 17.7 Å². The molecule has 0 saturated heterocycles. The molecular formula is C16H14BrFN2. The summed E-state index contributed by atoms with van der Waals surface area (Å²) in [6, 6.07) is 14.1. The maximum atomic E-state index is 13.0. The van der Waals surface area contributed by atoms with Gasteiger partial charge in [-0.2, -0.15) is 5.26 Å². The molecule has 0 amide bonds. The van der Waals surface area contributed by atoms with Gasteiger partial charge in [0, 0.05) is 10.2 Å². The molecule has 0 aliphatic heterocycles. The highest BCUT2D eigenvalue weighted by atomic mass is 79.9. The SMILES string of the molecule is CCC(Nc1ccc(C#N)cc1Br)c1ccc(F)cc1. The molecule has 0 radical (unpaired) electrons. The van der Waals surface area contributed by atoms with Crippen LogP contribution < -0.4 is 5.32 Å². The standard InChI is InChI=1S/C16H14BrFN2/c1-2-15(12-4-6-13(18)7-5-12)20-16-8-3-11(10-19)9-14(16)17/h3-9,15,20H,2H2,1H3. The van der Waals surface area contributed by atoms with E-state index in [0.717, 1.165) is 22.1 Å². The molecule has 2 nitrogen and oxygen atoms in total. The van der Waals surface area contributed by atoms with Crippen LogP contribution in [0.2, 0.25) is 0 Å². The summed E-state index contributed by atoms with van der Waals surface area (Å²) in [6.45, 7) is 2.07. The number of anilines is 1. The van der Waals surface area contributed by atoms with Crippen LogP contribution in [0.1, 0.15) is 30.5 Å². The zero-order valence-corrected chi connectivity index (χ0v) is 12.6. The fraction of sp³-hybridized carbons (Fsp3) is 0.188. The van der Waals surface area contributed by atoms with E-state index >= 15 is 0 Å². The Morgan fingerprint density at radius 3 is 2.50 bits per heavy atom. The van der Waals surface area contributed by atoms with Gasteiger partial charge in [0.25, 0.3) is 0 Å². The zero-order valence-electron chi connectivity index (χ0n) is 11.0. The third-order valence-corrected chi connectivity index (χ3v) is 3.76. The van der Waals surface area contributed by atoms with Gasteiger partial charge < -0.3 is 5.32 Å². The number of hydrogen-bond donors (Lipinski definition) is 1. The molecule has 4 heteroatoms. The minimum absolute atomic E-state index is 0.0971. The Bertz CT molecular complexity index is 632. The summed E-state index contributed by atoms with van der Waals surface area (Å²) in [5.74, 6) is -0.233. The summed E-state index contributed by atoms with van der Waals surface area (Å²) in [4.78, 5) is 0. The highest BCUT2D eigenvalue weighted by Crippen LogP contribution is 2.29. The molecule has 2 aromatic carbocycles. The molecule has 0 spiro atoms. The van der Waals surface area contributed by atoms with Crippen molar-refractivity contribution in [2.75, 3.05) is 5.32 Å². The lowest BCUT2D eigenvalue weighted by molar-refractivity contribution is 0.625. The van der Waals surface area contributed by atoms with E-state index in [1.807, 2.05) is 6.07 Å². The van der Waals surface area contributed by atoms with Crippen molar-refractivity contribution in [3.8, 4) is 6.07 Å². The molecule has 0 bridgehead atoms. The first-order valence-electron chi connectivity index (χ1n) is 6.35. The number of hydrogen-bond acceptors (Lipinski definition) is 2. The van der Waals surface area contributed by atoms with Crippen LogP contribution in [-0.2, 0) is 0 Å². The van der Waals surface area contributed by atoms with Crippen molar-refractivity contribution in [2.24, 2.45) is 0 Å². The Morgan fingerprint density at radius 1 is 1.25 bits per heavy atom. The first-order valence-corrected chi connectivity index (χ1v) is 7.15. The molecule has 20 heavy (non-hydrogen) atoms. The maximum absolute atomic E-state index is 13.0. The van der Waals surface area contributed by atoms with E-state index in [1.54, 1.807) is 24.3 Å². The molecule has 0 aromatic heterocycles. The molecule has 0 fully saturated rings. The van der Waals surface area contributed by atoms with Gasteiger partial charge in [-0.25, -0.2) is 4.39 Å². The van der Waals surface area contributed by atoms with Gasteiger partial charge in [-0.1, -0.05) is 19.1 Å². The fourth-order valence-corrected chi connectivity index (χ4v) is 2.50. The second-order valence-corrected chi connectivity index (χ2v) is 5.32. The van der Waals surface area contributed by atoms with Crippen LogP contribution in [0, 0.1) is 17.1 Å². The summed E-state index contributed by atoms with van der Waals surface area (Å²) in [5, 5.41) is 12.3. The topological polar surface area (TPSA) is 35.8 Å². The van der Waals surface area contributed by atoms with E-state index in [9.17, 15) is 4.39 Å². The first kappa shape index (κ1) is 14.5. The highest BCUT2D eigenvalue weighted by Gasteiger charge is 2.11. The lowest BCUT2D eigenvalue weighted by atomic mass is 10.0. The van der Waals surface area contributed by atoms with E-state index in [0.29, 0.717) is 5.56 Å². The third-order valence-electron chi connectivity index (χ3n) is 3.11. The van der Waals surface area contributed by atoms with Crippen LogP contribution in [0.25, 0.3) is 0 Å². The molecule has 1 N–H and O–H groups in total. The molecule has 0 heterocycles. The summed E-state index contributed by atoms with van der Waals surface area (Å²) < 4.78 is 13.8. The second kappa shape index (κ2) is 6.53.